The summed E-state index contributed by atoms with van der Waals surface area (Å²) in [5.41, 5.74) is 8.89. The van der Waals surface area contributed by atoms with Crippen molar-refractivity contribution in [1.82, 2.24) is 4.90 Å². The Hall–Kier alpha value is -1.51. The summed E-state index contributed by atoms with van der Waals surface area (Å²) in [6.07, 6.45) is 0. The molecule has 0 heterocycles. The normalized spacial score (nSPS) is 12.6. The van der Waals surface area contributed by atoms with Gasteiger partial charge >= 0.3 is 0 Å². The molecule has 3 heteroatoms. The third kappa shape index (κ3) is 3.49. The van der Waals surface area contributed by atoms with E-state index >= 15 is 0 Å². The summed E-state index contributed by atoms with van der Waals surface area (Å²) >= 11 is 6.24. The molecule has 0 aliphatic carbocycles. The van der Waals surface area contributed by atoms with E-state index in [2.05, 4.69) is 37.1 Å². The number of nitrogens with two attached hydrogens (primary N) is 1. The van der Waals surface area contributed by atoms with Crippen LogP contribution in [0.2, 0.25) is 5.02 Å². The number of hydrogen-bond donors (Lipinski definition) is 1. The van der Waals surface area contributed by atoms with Gasteiger partial charge in [-0.25, -0.2) is 0 Å². The molecule has 2 aromatic carbocycles. The Bertz CT molecular complexity index is 537. The summed E-state index contributed by atoms with van der Waals surface area (Å²) in [6.45, 7) is 3.03. The molecule has 0 bridgehead atoms. The molecular formula is C16H19ClN2. The van der Waals surface area contributed by atoms with Crippen molar-refractivity contribution in [1.29, 1.82) is 0 Å². The van der Waals surface area contributed by atoms with Crippen molar-refractivity contribution in [3.63, 3.8) is 0 Å². The SMILES string of the molecule is CC(c1ccccc1Cl)N(C)Cc1ccc(N)cc1. The second-order valence-electron chi connectivity index (χ2n) is 4.85. The molecule has 2 N–H and O–H groups in total. The summed E-state index contributed by atoms with van der Waals surface area (Å²) in [5.74, 6) is 0. The first-order chi connectivity index (χ1) is 9.08. The molecule has 0 radical (unpaired) electrons. The van der Waals surface area contributed by atoms with Crippen LogP contribution >= 0.6 is 11.6 Å². The fourth-order valence-electron chi connectivity index (χ4n) is 2.10. The molecule has 0 spiro atoms. The highest BCUT2D eigenvalue weighted by Gasteiger charge is 2.14. The van der Waals surface area contributed by atoms with Gasteiger partial charge in [0.15, 0.2) is 0 Å². The second-order valence-corrected chi connectivity index (χ2v) is 5.26. The molecular weight excluding hydrogens is 256 g/mol. The minimum atomic E-state index is 0.270. The number of anilines is 1. The second kappa shape index (κ2) is 6.09. The number of rotatable bonds is 4. The van der Waals surface area contributed by atoms with Gasteiger partial charge in [0.25, 0.3) is 0 Å². The number of halogens is 1. The molecule has 0 fully saturated rings. The van der Waals surface area contributed by atoms with Gasteiger partial charge in [0.2, 0.25) is 0 Å². The lowest BCUT2D eigenvalue weighted by atomic mass is 10.1. The van der Waals surface area contributed by atoms with E-state index in [1.165, 1.54) is 5.56 Å². The molecule has 2 rings (SSSR count). The molecule has 2 aromatic rings. The summed E-state index contributed by atoms with van der Waals surface area (Å²) in [4.78, 5) is 2.27. The summed E-state index contributed by atoms with van der Waals surface area (Å²) < 4.78 is 0. The monoisotopic (exact) mass is 274 g/mol. The highest BCUT2D eigenvalue weighted by Crippen LogP contribution is 2.27. The van der Waals surface area contributed by atoms with Crippen molar-refractivity contribution in [3.8, 4) is 0 Å². The first-order valence-electron chi connectivity index (χ1n) is 6.37. The van der Waals surface area contributed by atoms with Crippen LogP contribution in [0.25, 0.3) is 0 Å². The number of benzene rings is 2. The Morgan fingerprint density at radius 1 is 1.11 bits per heavy atom. The molecule has 2 nitrogen and oxygen atoms in total. The zero-order chi connectivity index (χ0) is 13.8. The lowest BCUT2D eigenvalue weighted by Crippen LogP contribution is -2.22. The highest BCUT2D eigenvalue weighted by molar-refractivity contribution is 6.31. The van der Waals surface area contributed by atoms with Crippen LogP contribution in [-0.2, 0) is 6.54 Å². The van der Waals surface area contributed by atoms with Crippen molar-refractivity contribution >= 4 is 17.3 Å². The molecule has 0 amide bonds. The van der Waals surface area contributed by atoms with Crippen LogP contribution in [0.3, 0.4) is 0 Å². The molecule has 100 valence electrons. The molecule has 1 unspecified atom stereocenters. The molecule has 0 aliphatic rings. The predicted octanol–water partition coefficient (Wildman–Crippen LogP) is 4.12. The van der Waals surface area contributed by atoms with Crippen LogP contribution < -0.4 is 5.73 Å². The van der Waals surface area contributed by atoms with Crippen LogP contribution in [0.4, 0.5) is 5.69 Å². The van der Waals surface area contributed by atoms with Crippen LogP contribution in [-0.4, -0.2) is 11.9 Å². The quantitative estimate of drug-likeness (QED) is 0.850. The molecule has 19 heavy (non-hydrogen) atoms. The van der Waals surface area contributed by atoms with Gasteiger partial charge < -0.3 is 5.73 Å². The van der Waals surface area contributed by atoms with Gasteiger partial charge in [-0.15, -0.1) is 0 Å². The average Bonchev–Trinajstić information content (AvgIpc) is 2.41. The first-order valence-corrected chi connectivity index (χ1v) is 6.75. The van der Waals surface area contributed by atoms with E-state index in [1.54, 1.807) is 0 Å². The largest absolute Gasteiger partial charge is 0.399 e. The van der Waals surface area contributed by atoms with Gasteiger partial charge in [0.1, 0.15) is 0 Å². The van der Waals surface area contributed by atoms with E-state index in [0.29, 0.717) is 0 Å². The average molecular weight is 275 g/mol. The predicted molar refractivity (Wildman–Crippen MR) is 82.2 cm³/mol. The number of hydrogen-bond acceptors (Lipinski definition) is 2. The van der Waals surface area contributed by atoms with Crippen molar-refractivity contribution in [3.05, 3.63) is 64.7 Å². The number of nitrogen functional groups attached to an aromatic ring is 1. The van der Waals surface area contributed by atoms with Crippen LogP contribution in [0.1, 0.15) is 24.1 Å². The van der Waals surface area contributed by atoms with E-state index in [-0.39, 0.29) is 6.04 Å². The summed E-state index contributed by atoms with van der Waals surface area (Å²) in [6, 6.07) is 16.2. The van der Waals surface area contributed by atoms with Gasteiger partial charge in [-0.1, -0.05) is 41.9 Å². The van der Waals surface area contributed by atoms with Crippen molar-refractivity contribution in [2.45, 2.75) is 19.5 Å². The van der Waals surface area contributed by atoms with E-state index in [1.807, 2.05) is 30.3 Å². The van der Waals surface area contributed by atoms with Crippen LogP contribution in [0.5, 0.6) is 0 Å². The Morgan fingerprint density at radius 3 is 2.37 bits per heavy atom. The maximum absolute atomic E-state index is 6.24. The van der Waals surface area contributed by atoms with Crippen molar-refractivity contribution in [2.75, 3.05) is 12.8 Å². The van der Waals surface area contributed by atoms with Crippen molar-refractivity contribution in [2.24, 2.45) is 0 Å². The van der Waals surface area contributed by atoms with Gasteiger partial charge in [-0.05, 0) is 43.3 Å². The standard InChI is InChI=1S/C16H19ClN2/c1-12(15-5-3-4-6-16(15)17)19(2)11-13-7-9-14(18)10-8-13/h3-10,12H,11,18H2,1-2H3. The Labute approximate surface area is 119 Å². The van der Waals surface area contributed by atoms with Crippen LogP contribution in [0, 0.1) is 0 Å². The fraction of sp³-hybridized carbons (Fsp3) is 0.250. The third-order valence-corrected chi connectivity index (χ3v) is 3.77. The van der Waals surface area contributed by atoms with E-state index in [4.69, 9.17) is 17.3 Å². The topological polar surface area (TPSA) is 29.3 Å². The minimum absolute atomic E-state index is 0.270. The maximum Gasteiger partial charge on any atom is 0.0453 e. The summed E-state index contributed by atoms with van der Waals surface area (Å²) in [5, 5.41) is 0.819. The van der Waals surface area contributed by atoms with Gasteiger partial charge in [0.05, 0.1) is 0 Å². The van der Waals surface area contributed by atoms with Crippen LogP contribution in [0.15, 0.2) is 48.5 Å². The van der Waals surface area contributed by atoms with E-state index in [9.17, 15) is 0 Å². The lowest BCUT2D eigenvalue weighted by molar-refractivity contribution is 0.253. The van der Waals surface area contributed by atoms with Gasteiger partial charge in [-0.2, -0.15) is 0 Å². The lowest BCUT2D eigenvalue weighted by Gasteiger charge is -2.26. The zero-order valence-electron chi connectivity index (χ0n) is 11.3. The summed E-state index contributed by atoms with van der Waals surface area (Å²) in [7, 11) is 2.10. The van der Waals surface area contributed by atoms with Gasteiger partial charge in [0, 0.05) is 23.3 Å². The van der Waals surface area contributed by atoms with E-state index in [0.717, 1.165) is 22.8 Å². The molecule has 0 saturated carbocycles. The zero-order valence-corrected chi connectivity index (χ0v) is 12.1. The Kier molecular flexibility index (Phi) is 4.46. The highest BCUT2D eigenvalue weighted by atomic mass is 35.5. The first kappa shape index (κ1) is 13.9. The molecule has 0 aromatic heterocycles. The van der Waals surface area contributed by atoms with Gasteiger partial charge in [-0.3, -0.25) is 4.90 Å². The number of nitrogens with zero attached hydrogens (tertiary/aromatic N) is 1. The van der Waals surface area contributed by atoms with Crippen molar-refractivity contribution < 1.29 is 0 Å². The third-order valence-electron chi connectivity index (χ3n) is 3.43. The fourth-order valence-corrected chi connectivity index (χ4v) is 2.39. The molecule has 0 saturated heterocycles. The minimum Gasteiger partial charge on any atom is -0.399 e. The smallest absolute Gasteiger partial charge is 0.0453 e. The molecule has 1 atom stereocenters. The Morgan fingerprint density at radius 2 is 1.74 bits per heavy atom. The maximum atomic E-state index is 6.24. The Balaban J connectivity index is 2.09. The van der Waals surface area contributed by atoms with E-state index < -0.39 is 0 Å². The molecule has 0 aliphatic heterocycles.